The largest absolute Gasteiger partial charge is 0.460 e. The Balaban J connectivity index is 0.921. The smallest absolute Gasteiger partial charge is 0.358 e. The predicted octanol–water partition coefficient (Wildman–Crippen LogP) is 10.5. The van der Waals surface area contributed by atoms with E-state index in [9.17, 15) is 14.4 Å². The molecule has 0 spiro atoms. The van der Waals surface area contributed by atoms with E-state index in [1.54, 1.807) is 0 Å². The number of carbonyl (C=O) groups excluding carboxylic acids is 3. The fourth-order valence-corrected chi connectivity index (χ4v) is 13.8. The van der Waals surface area contributed by atoms with Crippen molar-refractivity contribution in [2.45, 2.75) is 150 Å². The molecule has 4 saturated carbocycles. The van der Waals surface area contributed by atoms with Gasteiger partial charge in [-0.1, -0.05) is 49.4 Å². The quantitative estimate of drug-likeness (QED) is 0.0763. The van der Waals surface area contributed by atoms with Crippen molar-refractivity contribution in [1.82, 2.24) is 25.1 Å². The molecule has 14 heteroatoms. The summed E-state index contributed by atoms with van der Waals surface area (Å²) >= 11 is 1.45. The Morgan fingerprint density at radius 2 is 1.57 bits per heavy atom. The van der Waals surface area contributed by atoms with Crippen molar-refractivity contribution in [2.24, 2.45) is 16.2 Å². The third-order valence-electron chi connectivity index (χ3n) is 14.2. The average Bonchev–Trinajstić information content (AvgIpc) is 3.81. The summed E-state index contributed by atoms with van der Waals surface area (Å²) in [5.41, 5.74) is 5.23. The Morgan fingerprint density at radius 3 is 2.31 bits per heavy atom. The first kappa shape index (κ1) is 47.9. The third kappa shape index (κ3) is 10.4. The molecular formula is C54H69N7O6S. The molecule has 5 aromatic rings. The molecule has 2 unspecified atom stereocenters. The van der Waals surface area contributed by atoms with E-state index < -0.39 is 17.2 Å². The molecule has 4 fully saturated rings. The first-order chi connectivity index (χ1) is 32.1. The van der Waals surface area contributed by atoms with E-state index >= 15 is 0 Å². The van der Waals surface area contributed by atoms with Gasteiger partial charge in [0, 0.05) is 55.0 Å². The van der Waals surface area contributed by atoms with Gasteiger partial charge in [0.2, 0.25) is 0 Å². The number of rotatable bonds is 15. The molecule has 2 N–H and O–H groups in total. The number of hydrogen-bond donors (Lipinski definition) is 2. The Bertz CT molecular complexity index is 2680. The lowest BCUT2D eigenvalue weighted by atomic mass is 9.39. The van der Waals surface area contributed by atoms with Crippen LogP contribution in [-0.4, -0.2) is 80.6 Å². The van der Waals surface area contributed by atoms with Crippen LogP contribution in [0.3, 0.4) is 0 Å². The third-order valence-corrected chi connectivity index (χ3v) is 15.2. The molecule has 68 heavy (non-hydrogen) atoms. The molecule has 13 nitrogen and oxygen atoms in total. The molecule has 3 aromatic heterocycles. The Labute approximate surface area is 405 Å². The topological polar surface area (TPSA) is 150 Å². The highest BCUT2D eigenvalue weighted by Gasteiger charge is 2.66. The standard InChI is InChI=1S/C54H69N7O6S/c1-35-39(26-56-61(35)34-53-29-51(8)28-52(9,30-53)32-54(31-51,33-53)65-25-23-55-22-13-18-44(62)66-49(2,3)4)37-19-20-43(58-45(37)47(64)67-50(5,6)7)60-24-21-36-14-12-15-38(40(36)27-60)46(63)59-48-57-41-16-10-11-17-42(41)68-48/h10-12,14-17,19-20,26,55H,13,18,21-25,27-34H2,1-9H3,(H,57,59,63). The van der Waals surface area contributed by atoms with Gasteiger partial charge in [0.1, 0.15) is 17.0 Å². The van der Waals surface area contributed by atoms with Gasteiger partial charge < -0.3 is 24.4 Å². The number of ether oxygens (including phenoxy) is 3. The number of fused-ring (bicyclic) bond motifs is 2. The van der Waals surface area contributed by atoms with Gasteiger partial charge >= 0.3 is 11.9 Å². The number of carbonyl (C=O) groups is 3. The van der Waals surface area contributed by atoms with Gasteiger partial charge in [0.15, 0.2) is 10.8 Å². The van der Waals surface area contributed by atoms with E-state index in [2.05, 4.69) is 52.0 Å². The summed E-state index contributed by atoms with van der Waals surface area (Å²) in [6.45, 7) is 22.3. The number of anilines is 2. The summed E-state index contributed by atoms with van der Waals surface area (Å²) in [4.78, 5) is 52.1. The summed E-state index contributed by atoms with van der Waals surface area (Å²) < 4.78 is 21.6. The van der Waals surface area contributed by atoms with Crippen LogP contribution >= 0.6 is 11.3 Å². The molecule has 4 aliphatic carbocycles. The molecule has 5 aliphatic rings. The van der Waals surface area contributed by atoms with Crippen LogP contribution in [0.4, 0.5) is 10.9 Å². The summed E-state index contributed by atoms with van der Waals surface area (Å²) in [5, 5.41) is 12.2. The summed E-state index contributed by atoms with van der Waals surface area (Å²) in [7, 11) is 0. The van der Waals surface area contributed by atoms with Crippen LogP contribution in [0.2, 0.25) is 0 Å². The highest BCUT2D eigenvalue weighted by molar-refractivity contribution is 7.22. The first-order valence-electron chi connectivity index (χ1n) is 24.5. The Kier molecular flexibility index (Phi) is 12.6. The van der Waals surface area contributed by atoms with Gasteiger partial charge in [-0.2, -0.15) is 5.10 Å². The SMILES string of the molecule is Cc1c(-c2ccc(N3CCc4cccc(C(=O)Nc5nc6ccccc6s5)c4C3)nc2C(=O)OC(C)(C)C)cnn1CC12CC3(C)CC(C)(C1)CC(OCCNCCCC(=O)OC(C)(C)C)(C3)C2. The minimum Gasteiger partial charge on any atom is -0.460 e. The van der Waals surface area contributed by atoms with Crippen molar-refractivity contribution in [3.63, 3.8) is 0 Å². The zero-order valence-corrected chi connectivity index (χ0v) is 42.3. The minimum absolute atomic E-state index is 0.0119. The van der Waals surface area contributed by atoms with Crippen LogP contribution in [0.25, 0.3) is 21.3 Å². The number of esters is 2. The Hall–Kier alpha value is -5.18. The fourth-order valence-electron chi connectivity index (χ4n) is 13.0. The molecule has 362 valence electrons. The van der Waals surface area contributed by atoms with Crippen LogP contribution in [0.5, 0.6) is 0 Å². The normalized spacial score (nSPS) is 24.3. The maximum atomic E-state index is 14.2. The van der Waals surface area contributed by atoms with Crippen molar-refractivity contribution in [2.75, 3.05) is 36.5 Å². The van der Waals surface area contributed by atoms with Crippen LogP contribution in [-0.2, 0) is 38.5 Å². The van der Waals surface area contributed by atoms with E-state index in [0.717, 1.165) is 97.2 Å². The average molecular weight is 944 g/mol. The number of thiazole rings is 1. The molecule has 4 bridgehead atoms. The number of para-hydroxylation sites is 1. The number of nitrogens with one attached hydrogen (secondary N) is 2. The maximum absolute atomic E-state index is 14.2. The molecule has 2 atom stereocenters. The zero-order valence-electron chi connectivity index (χ0n) is 41.5. The molecule has 2 aromatic carbocycles. The van der Waals surface area contributed by atoms with Crippen LogP contribution in [0, 0.1) is 23.2 Å². The monoisotopic (exact) mass is 944 g/mol. The van der Waals surface area contributed by atoms with E-state index in [1.165, 1.54) is 17.8 Å². The second-order valence-electron chi connectivity index (χ2n) is 23.1. The highest BCUT2D eigenvalue weighted by atomic mass is 32.1. The van der Waals surface area contributed by atoms with Crippen molar-refractivity contribution in [3.05, 3.63) is 88.9 Å². The molecule has 0 saturated heterocycles. The van der Waals surface area contributed by atoms with Crippen molar-refractivity contribution in [1.29, 1.82) is 0 Å². The molecular weight excluding hydrogens is 875 g/mol. The number of benzene rings is 2. The van der Waals surface area contributed by atoms with Gasteiger partial charge in [-0.3, -0.25) is 19.6 Å². The first-order valence-corrected chi connectivity index (χ1v) is 25.3. The van der Waals surface area contributed by atoms with Crippen molar-refractivity contribution in [3.8, 4) is 11.1 Å². The molecule has 1 amide bonds. The summed E-state index contributed by atoms with van der Waals surface area (Å²) in [6.07, 6.45) is 10.3. The zero-order chi connectivity index (χ0) is 48.3. The van der Waals surface area contributed by atoms with Gasteiger partial charge in [-0.15, -0.1) is 0 Å². The number of pyridine rings is 1. The maximum Gasteiger partial charge on any atom is 0.358 e. The lowest BCUT2D eigenvalue weighted by molar-refractivity contribution is -0.247. The second kappa shape index (κ2) is 18.0. The van der Waals surface area contributed by atoms with E-state index in [1.807, 2.05) is 96.3 Å². The van der Waals surface area contributed by atoms with E-state index in [-0.39, 0.29) is 39.4 Å². The number of hydrogen-bond acceptors (Lipinski definition) is 12. The number of aromatic nitrogens is 4. The highest BCUT2D eigenvalue weighted by Crippen LogP contribution is 2.72. The molecule has 4 heterocycles. The van der Waals surface area contributed by atoms with Gasteiger partial charge in [0.05, 0.1) is 28.6 Å². The molecule has 1 aliphatic heterocycles. The van der Waals surface area contributed by atoms with Crippen molar-refractivity contribution < 1.29 is 28.6 Å². The Morgan fingerprint density at radius 1 is 0.824 bits per heavy atom. The minimum atomic E-state index is -0.735. The van der Waals surface area contributed by atoms with Crippen molar-refractivity contribution >= 4 is 50.3 Å². The van der Waals surface area contributed by atoms with E-state index in [0.29, 0.717) is 48.2 Å². The summed E-state index contributed by atoms with van der Waals surface area (Å²) in [6, 6.07) is 17.7. The van der Waals surface area contributed by atoms with Gasteiger partial charge in [-0.05, 0) is 164 Å². The molecule has 0 radical (unpaired) electrons. The lowest BCUT2D eigenvalue weighted by Gasteiger charge is -2.69. The number of nitrogens with zero attached hydrogens (tertiary/aromatic N) is 5. The van der Waals surface area contributed by atoms with Crippen LogP contribution in [0.15, 0.2) is 60.8 Å². The van der Waals surface area contributed by atoms with Crippen LogP contribution in [0.1, 0.15) is 144 Å². The van der Waals surface area contributed by atoms with E-state index in [4.69, 9.17) is 24.3 Å². The van der Waals surface area contributed by atoms with Gasteiger partial charge in [-0.25, -0.2) is 14.8 Å². The lowest BCUT2D eigenvalue weighted by Crippen LogP contribution is -2.64. The number of amides is 1. The molecule has 10 rings (SSSR count). The fraction of sp³-hybridized carbons (Fsp3) is 0.556. The summed E-state index contributed by atoms with van der Waals surface area (Å²) in [5.74, 6) is -0.212. The second-order valence-corrected chi connectivity index (χ2v) is 24.1. The van der Waals surface area contributed by atoms with Gasteiger partial charge in [0.25, 0.3) is 5.91 Å². The van der Waals surface area contributed by atoms with Crippen LogP contribution < -0.4 is 15.5 Å². The predicted molar refractivity (Wildman–Crippen MR) is 267 cm³/mol.